The zero-order valence-corrected chi connectivity index (χ0v) is 38.1. The summed E-state index contributed by atoms with van der Waals surface area (Å²) in [5, 5.41) is 18.1. The van der Waals surface area contributed by atoms with Crippen molar-refractivity contribution in [2.75, 3.05) is 29.7 Å². The minimum Gasteiger partial charge on any atom is -0.346 e. The van der Waals surface area contributed by atoms with Crippen LogP contribution < -0.4 is 0 Å². The van der Waals surface area contributed by atoms with Crippen molar-refractivity contribution >= 4 is 155 Å². The summed E-state index contributed by atoms with van der Waals surface area (Å²) in [7, 11) is -1.06. The molecule has 3 aromatic heterocycles. The molecule has 0 aliphatic heterocycles. The number of rotatable bonds is 8. The molecule has 14 heteroatoms. The van der Waals surface area contributed by atoms with Gasteiger partial charge in [0.1, 0.15) is 4.83 Å². The first-order valence-corrected chi connectivity index (χ1v) is 24.0. The Balaban J connectivity index is 0.000000202. The highest BCUT2D eigenvalue weighted by Gasteiger charge is 2.18. The molecule has 4 aromatic carbocycles. The van der Waals surface area contributed by atoms with E-state index in [0.717, 1.165) is 20.1 Å². The number of halogens is 4. The molecule has 0 radical (unpaired) electrons. The maximum atomic E-state index is 11.1. The standard InChI is InChI=1S/C14H8BrNO2S.C14H8BrNS.C6H15O3P.2CH3I/c15-12-6-3-5-10-11(8-19-14(10)12)9-4-1-2-7-13(9)16(17)18;15-10-6-3-5-9-12-8-4-1-2-7-11(8)16-14(12)17-13(9)10;1-4-7-10(8-5-2)9-6-3;2*1-2/h1-8H;1-7,16H;4-6H2,1-3H3;2*1H3. The van der Waals surface area contributed by atoms with Gasteiger partial charge in [-0.2, -0.15) is 0 Å². The van der Waals surface area contributed by atoms with Crippen molar-refractivity contribution in [3.8, 4) is 11.1 Å². The number of aromatic nitrogens is 1. The van der Waals surface area contributed by atoms with Gasteiger partial charge in [0.2, 0.25) is 0 Å². The summed E-state index contributed by atoms with van der Waals surface area (Å²) in [6, 6.07) is 27.6. The van der Waals surface area contributed by atoms with E-state index in [1.54, 1.807) is 23.5 Å². The number of nitro benzene ring substituents is 1. The highest BCUT2D eigenvalue weighted by Crippen LogP contribution is 2.42. The van der Waals surface area contributed by atoms with E-state index in [1.165, 1.54) is 41.7 Å². The van der Waals surface area contributed by atoms with Gasteiger partial charge in [-0.25, -0.2) is 0 Å². The van der Waals surface area contributed by atoms with Crippen molar-refractivity contribution in [3.63, 3.8) is 0 Å². The number of nitro groups is 1. The van der Waals surface area contributed by atoms with Gasteiger partial charge in [-0.3, -0.25) is 10.1 Å². The number of H-pyrrole nitrogens is 1. The van der Waals surface area contributed by atoms with Gasteiger partial charge in [0.15, 0.2) is 0 Å². The smallest absolute Gasteiger partial charge is 0.332 e. The van der Waals surface area contributed by atoms with Crippen molar-refractivity contribution in [2.24, 2.45) is 0 Å². The highest BCUT2D eigenvalue weighted by molar-refractivity contribution is 14.1. The van der Waals surface area contributed by atoms with Gasteiger partial charge in [-0.1, -0.05) is 99.8 Å². The summed E-state index contributed by atoms with van der Waals surface area (Å²) >= 11 is 14.8. The summed E-state index contributed by atoms with van der Waals surface area (Å²) in [6.45, 7) is 7.71. The molecule has 0 atom stereocenters. The second-order valence-electron chi connectivity index (χ2n) is 9.61. The molecule has 0 amide bonds. The topological polar surface area (TPSA) is 86.6 Å². The number of aromatic amines is 1. The fourth-order valence-electron chi connectivity index (χ4n) is 4.89. The molecule has 7 rings (SSSR count). The molecular weight excluding hydrogens is 1050 g/mol. The zero-order valence-electron chi connectivity index (χ0n) is 28.0. The summed E-state index contributed by atoms with van der Waals surface area (Å²) in [5.41, 5.74) is 2.93. The Labute approximate surface area is 346 Å². The number of para-hydroxylation sites is 2. The monoisotopic (exact) mass is 1080 g/mol. The Morgan fingerprint density at radius 1 is 0.720 bits per heavy atom. The van der Waals surface area contributed by atoms with Crippen LogP contribution >= 0.6 is 108 Å². The lowest BCUT2D eigenvalue weighted by molar-refractivity contribution is -0.384. The minimum atomic E-state index is -1.06. The first kappa shape index (κ1) is 43.1. The van der Waals surface area contributed by atoms with Crippen LogP contribution in [0.15, 0.2) is 99.3 Å². The van der Waals surface area contributed by atoms with Crippen LogP contribution in [0.5, 0.6) is 0 Å². The fourth-order valence-corrected chi connectivity index (χ4v) is 9.11. The Kier molecular flexibility index (Phi) is 19.6. The van der Waals surface area contributed by atoms with Crippen LogP contribution in [0.25, 0.3) is 52.4 Å². The third kappa shape index (κ3) is 10.9. The van der Waals surface area contributed by atoms with Crippen LogP contribution in [0.2, 0.25) is 0 Å². The molecule has 50 heavy (non-hydrogen) atoms. The van der Waals surface area contributed by atoms with Crippen LogP contribution in [0.1, 0.15) is 20.8 Å². The molecule has 0 saturated heterocycles. The molecule has 3 heterocycles. The van der Waals surface area contributed by atoms with Crippen molar-refractivity contribution in [1.29, 1.82) is 0 Å². The van der Waals surface area contributed by atoms with Crippen molar-refractivity contribution < 1.29 is 18.5 Å². The summed E-state index contributed by atoms with van der Waals surface area (Å²) in [5.74, 6) is 0. The van der Waals surface area contributed by atoms with E-state index in [9.17, 15) is 10.1 Å². The molecule has 266 valence electrons. The summed E-state index contributed by atoms with van der Waals surface area (Å²) in [4.78, 5) is 19.5. The van der Waals surface area contributed by atoms with E-state index in [0.29, 0.717) is 25.4 Å². The van der Waals surface area contributed by atoms with Gasteiger partial charge in [0.25, 0.3) is 5.69 Å². The van der Waals surface area contributed by atoms with E-state index >= 15 is 0 Å². The van der Waals surface area contributed by atoms with Gasteiger partial charge < -0.3 is 18.6 Å². The third-order valence-electron chi connectivity index (χ3n) is 6.76. The normalized spacial score (nSPS) is 10.5. The number of alkyl halides is 2. The van der Waals surface area contributed by atoms with Gasteiger partial charge >= 0.3 is 8.60 Å². The number of nitrogens with zero attached hydrogens (tertiary/aromatic N) is 1. The van der Waals surface area contributed by atoms with E-state index in [2.05, 4.69) is 124 Å². The zero-order chi connectivity index (χ0) is 36.6. The van der Waals surface area contributed by atoms with Crippen molar-refractivity contribution in [2.45, 2.75) is 20.8 Å². The molecule has 0 aliphatic rings. The van der Waals surface area contributed by atoms with Crippen LogP contribution in [0, 0.1) is 10.1 Å². The summed E-state index contributed by atoms with van der Waals surface area (Å²) in [6.07, 6.45) is 0. The maximum Gasteiger partial charge on any atom is 0.332 e. The van der Waals surface area contributed by atoms with Crippen LogP contribution in [0.4, 0.5) is 5.69 Å². The first-order valence-electron chi connectivity index (χ1n) is 15.3. The number of nitrogens with one attached hydrogen (secondary N) is 1. The third-order valence-corrected chi connectivity index (χ3v) is 12.2. The number of hydrogen-bond donors (Lipinski definition) is 1. The van der Waals surface area contributed by atoms with E-state index < -0.39 is 8.60 Å². The van der Waals surface area contributed by atoms with Gasteiger partial charge in [0.05, 0.1) is 35.0 Å². The number of thiophene rings is 2. The number of hydrogen-bond acceptors (Lipinski definition) is 7. The average molecular weight is 1090 g/mol. The van der Waals surface area contributed by atoms with E-state index in [4.69, 9.17) is 13.6 Å². The average Bonchev–Trinajstić information content (AvgIpc) is 3.85. The van der Waals surface area contributed by atoms with E-state index in [-0.39, 0.29) is 10.6 Å². The summed E-state index contributed by atoms with van der Waals surface area (Å²) < 4.78 is 20.0. The lowest BCUT2D eigenvalue weighted by Crippen LogP contribution is -1.94. The second kappa shape index (κ2) is 22.7. The van der Waals surface area contributed by atoms with Crippen LogP contribution in [0.3, 0.4) is 0 Å². The van der Waals surface area contributed by atoms with Crippen LogP contribution in [-0.4, -0.2) is 39.6 Å². The van der Waals surface area contributed by atoms with Crippen LogP contribution in [-0.2, 0) is 13.6 Å². The molecule has 0 bridgehead atoms. The SMILES string of the molecule is Brc1cccc2c1sc1[nH]c3ccccc3c12.CCOP(OCC)OCC.CI.CI.O=[N+]([O-])c1ccccc1-c1csc2c(Br)cccc12. The molecule has 0 spiro atoms. The predicted molar refractivity (Wildman–Crippen MR) is 242 cm³/mol. The Morgan fingerprint density at radius 2 is 1.26 bits per heavy atom. The fraction of sp³-hybridized carbons (Fsp3) is 0.222. The second-order valence-corrected chi connectivity index (χ2v) is 14.4. The maximum absolute atomic E-state index is 11.1. The predicted octanol–water partition coefficient (Wildman–Crippen LogP) is 15.0. The Bertz CT molecular complexity index is 2090. The van der Waals surface area contributed by atoms with Gasteiger partial charge in [-0.15, -0.1) is 22.7 Å². The molecule has 0 fully saturated rings. The number of benzene rings is 4. The largest absolute Gasteiger partial charge is 0.346 e. The lowest BCUT2D eigenvalue weighted by atomic mass is 10.0. The minimum absolute atomic E-state index is 0.141. The Hall–Kier alpha value is -1.27. The molecule has 0 unspecified atom stereocenters. The Morgan fingerprint density at radius 3 is 1.88 bits per heavy atom. The molecule has 0 saturated carbocycles. The molecule has 1 N–H and O–H groups in total. The van der Waals surface area contributed by atoms with Gasteiger partial charge in [-0.05, 0) is 86.8 Å². The molecular formula is C36H37Br2I2N2O5PS2. The first-order chi connectivity index (χ1) is 24.4. The van der Waals surface area contributed by atoms with Crippen molar-refractivity contribution in [1.82, 2.24) is 4.98 Å². The van der Waals surface area contributed by atoms with Gasteiger partial charge in [0, 0.05) is 57.7 Å². The molecule has 0 aliphatic carbocycles. The molecule has 7 nitrogen and oxygen atoms in total. The quantitative estimate of drug-likeness (QED) is 0.0539. The van der Waals surface area contributed by atoms with E-state index in [1.807, 2.05) is 71.6 Å². The highest BCUT2D eigenvalue weighted by atomic mass is 127. The lowest BCUT2D eigenvalue weighted by Gasteiger charge is -2.12. The molecule has 7 aromatic rings. The number of fused-ring (bicyclic) bond motifs is 6. The van der Waals surface area contributed by atoms with Crippen molar-refractivity contribution in [3.05, 3.63) is 109 Å².